The van der Waals surface area contributed by atoms with Gasteiger partial charge in [-0.1, -0.05) is 52.6 Å². The summed E-state index contributed by atoms with van der Waals surface area (Å²) in [6.07, 6.45) is 0. The molecule has 148 valence electrons. The van der Waals surface area contributed by atoms with Gasteiger partial charge in [-0.2, -0.15) is 0 Å². The van der Waals surface area contributed by atoms with Crippen LogP contribution in [0.2, 0.25) is 0 Å². The second-order valence-electron chi connectivity index (χ2n) is 7.37. The third-order valence-corrected chi connectivity index (χ3v) is 9.41. The molecular formula is C21H21Br3NO2P. The van der Waals surface area contributed by atoms with E-state index in [1.54, 1.807) is 0 Å². The van der Waals surface area contributed by atoms with Gasteiger partial charge < -0.3 is 8.94 Å². The molecule has 28 heavy (non-hydrogen) atoms. The summed E-state index contributed by atoms with van der Waals surface area (Å²) in [5, 5.41) is -0.295. The van der Waals surface area contributed by atoms with Gasteiger partial charge in [-0.25, -0.2) is 4.74 Å². The molecule has 7 heteroatoms. The first-order valence-electron chi connectivity index (χ1n) is 8.70. The lowest BCUT2D eigenvalue weighted by Gasteiger charge is -2.35. The summed E-state index contributed by atoms with van der Waals surface area (Å²) in [6, 6.07) is 17.8. The Bertz CT molecular complexity index is 1040. The summed E-state index contributed by atoms with van der Waals surface area (Å²) < 4.78 is 20.9. The van der Waals surface area contributed by atoms with E-state index in [0.717, 1.165) is 36.1 Å². The summed E-state index contributed by atoms with van der Waals surface area (Å²) >= 11 is 10.6. The van der Waals surface area contributed by atoms with Crippen LogP contribution in [0.5, 0.6) is 5.75 Å². The van der Waals surface area contributed by atoms with Crippen LogP contribution < -0.4 is 10.0 Å². The third kappa shape index (κ3) is 4.67. The summed E-state index contributed by atoms with van der Waals surface area (Å²) in [5.74, 6) is 1.58. The van der Waals surface area contributed by atoms with E-state index in [-0.39, 0.29) is 5.16 Å². The molecule has 0 fully saturated rings. The van der Waals surface area contributed by atoms with Crippen molar-refractivity contribution in [2.24, 2.45) is 4.74 Å². The molecule has 1 atom stereocenters. The highest BCUT2D eigenvalue weighted by Gasteiger charge is 2.42. The molecule has 0 aliphatic rings. The Morgan fingerprint density at radius 1 is 0.893 bits per heavy atom. The molecular weight excluding hydrogens is 569 g/mol. The predicted octanol–water partition coefficient (Wildman–Crippen LogP) is 8.83. The zero-order valence-electron chi connectivity index (χ0n) is 16.0. The van der Waals surface area contributed by atoms with Crippen LogP contribution in [-0.2, 0) is 0 Å². The third-order valence-electron chi connectivity index (χ3n) is 4.14. The molecule has 0 aliphatic heterocycles. The first-order chi connectivity index (χ1) is 13.1. The van der Waals surface area contributed by atoms with Crippen molar-refractivity contribution in [3.8, 4) is 5.75 Å². The summed E-state index contributed by atoms with van der Waals surface area (Å²) in [6.45, 7) is 8.38. The topological polar surface area (TPSA) is 34.7 Å². The molecule has 2 aromatic carbocycles. The van der Waals surface area contributed by atoms with Gasteiger partial charge in [0.05, 0.1) is 10.2 Å². The van der Waals surface area contributed by atoms with Crippen LogP contribution >= 0.6 is 55.1 Å². The second kappa shape index (κ2) is 8.51. The van der Waals surface area contributed by atoms with Crippen LogP contribution in [0.4, 0.5) is 5.69 Å². The Morgan fingerprint density at radius 2 is 1.54 bits per heavy atom. The Morgan fingerprint density at radius 3 is 2.07 bits per heavy atom. The molecule has 0 saturated carbocycles. The zero-order chi connectivity index (χ0) is 20.5. The molecule has 0 aliphatic carbocycles. The zero-order valence-corrected chi connectivity index (χ0v) is 21.7. The van der Waals surface area contributed by atoms with E-state index in [0.29, 0.717) is 0 Å². The second-order valence-corrected chi connectivity index (χ2v) is 13.4. The minimum Gasteiger partial charge on any atom is -0.457 e. The average molecular weight is 590 g/mol. The minimum absolute atomic E-state index is 0.295. The van der Waals surface area contributed by atoms with Crippen LogP contribution in [0.25, 0.3) is 0 Å². The van der Waals surface area contributed by atoms with Crippen molar-refractivity contribution in [1.29, 1.82) is 0 Å². The number of hydrogen-bond donors (Lipinski definition) is 0. The normalized spacial score (nSPS) is 13.8. The number of halogens is 3. The maximum Gasteiger partial charge on any atom is 0.207 e. The van der Waals surface area contributed by atoms with E-state index >= 15 is 0 Å². The molecule has 0 bridgehead atoms. The predicted molar refractivity (Wildman–Crippen MR) is 128 cm³/mol. The summed E-state index contributed by atoms with van der Waals surface area (Å²) in [4.78, 5) is 0. The number of rotatable bonds is 4. The van der Waals surface area contributed by atoms with Crippen molar-refractivity contribution >= 4 is 66.3 Å². The molecule has 0 saturated heterocycles. The largest absolute Gasteiger partial charge is 0.457 e. The fourth-order valence-corrected chi connectivity index (χ4v) is 7.11. The molecule has 1 aromatic heterocycles. The van der Waals surface area contributed by atoms with E-state index in [1.165, 1.54) is 0 Å². The Hall–Kier alpha value is -0.810. The van der Waals surface area contributed by atoms with Gasteiger partial charge >= 0.3 is 0 Å². The van der Waals surface area contributed by atoms with E-state index in [2.05, 4.69) is 68.6 Å². The van der Waals surface area contributed by atoms with Gasteiger partial charge in [0.1, 0.15) is 11.5 Å². The van der Waals surface area contributed by atoms with Gasteiger partial charge in [0, 0.05) is 14.1 Å². The number of nitrogens with zero attached hydrogens (tertiary/aromatic N) is 1. The highest BCUT2D eigenvalue weighted by atomic mass is 79.9. The van der Waals surface area contributed by atoms with Crippen LogP contribution in [0, 0.1) is 6.92 Å². The first-order valence-corrected chi connectivity index (χ1v) is 12.7. The van der Waals surface area contributed by atoms with Gasteiger partial charge in [0.2, 0.25) is 7.28 Å². The SMILES string of the molecule is Cc1ccc([P@@](=Nc2ccc(Br)cc2)(Oc2ccc(Br)cc2Br)C(C)(C)C)o1. The van der Waals surface area contributed by atoms with Crippen LogP contribution in [0.1, 0.15) is 26.5 Å². The standard InChI is InChI=1S/C21H21Br3NO2P/c1-14-5-12-20(26-14)28(21(2,3)4,25-17-9-6-15(22)7-10-17)27-19-11-8-16(23)13-18(19)24/h5-13H,1-4H3/t28-/m1/s1. The maximum absolute atomic E-state index is 6.76. The quantitative estimate of drug-likeness (QED) is 0.285. The minimum atomic E-state index is -2.61. The number of benzene rings is 2. The molecule has 3 rings (SSSR count). The molecule has 3 aromatic rings. The first kappa shape index (κ1) is 21.9. The highest BCUT2D eigenvalue weighted by molar-refractivity contribution is 9.11. The van der Waals surface area contributed by atoms with E-state index in [4.69, 9.17) is 13.7 Å². The van der Waals surface area contributed by atoms with E-state index in [1.807, 2.05) is 61.5 Å². The van der Waals surface area contributed by atoms with Crippen molar-refractivity contribution in [3.63, 3.8) is 0 Å². The van der Waals surface area contributed by atoms with Gasteiger partial charge in [-0.15, -0.1) is 0 Å². The number of aryl methyl sites for hydroxylation is 1. The van der Waals surface area contributed by atoms with Crippen molar-refractivity contribution in [2.75, 3.05) is 0 Å². The van der Waals surface area contributed by atoms with Crippen molar-refractivity contribution < 1.29 is 8.94 Å². The Balaban J connectivity index is 2.28. The molecule has 0 amide bonds. The summed E-state index contributed by atoms with van der Waals surface area (Å²) in [7, 11) is -2.61. The smallest absolute Gasteiger partial charge is 0.207 e. The highest BCUT2D eigenvalue weighted by Crippen LogP contribution is 2.62. The molecule has 1 heterocycles. The number of furan rings is 1. The lowest BCUT2D eigenvalue weighted by molar-refractivity contribution is 0.525. The summed E-state index contributed by atoms with van der Waals surface area (Å²) in [5.41, 5.74) is 1.63. The Kier molecular flexibility index (Phi) is 6.65. The molecule has 0 spiro atoms. The van der Waals surface area contributed by atoms with Crippen molar-refractivity contribution in [2.45, 2.75) is 32.9 Å². The molecule has 0 radical (unpaired) electrons. The molecule has 0 N–H and O–H groups in total. The monoisotopic (exact) mass is 587 g/mol. The van der Waals surface area contributed by atoms with Crippen molar-refractivity contribution in [3.05, 3.63) is 73.8 Å². The lowest BCUT2D eigenvalue weighted by atomic mass is 10.3. The van der Waals surface area contributed by atoms with Gasteiger partial charge in [0.15, 0.2) is 5.50 Å². The fourth-order valence-electron chi connectivity index (χ4n) is 2.68. The lowest BCUT2D eigenvalue weighted by Crippen LogP contribution is -2.26. The Labute approximate surface area is 191 Å². The van der Waals surface area contributed by atoms with Crippen molar-refractivity contribution in [1.82, 2.24) is 0 Å². The van der Waals surface area contributed by atoms with Crippen LogP contribution in [0.3, 0.4) is 0 Å². The number of hydrogen-bond acceptors (Lipinski definition) is 3. The average Bonchev–Trinajstić information content (AvgIpc) is 3.04. The molecule has 3 nitrogen and oxygen atoms in total. The fraction of sp³-hybridized carbons (Fsp3) is 0.238. The maximum atomic E-state index is 6.76. The molecule has 0 unspecified atom stereocenters. The van der Waals surface area contributed by atoms with E-state index in [9.17, 15) is 0 Å². The van der Waals surface area contributed by atoms with Gasteiger partial charge in [-0.3, -0.25) is 0 Å². The van der Waals surface area contributed by atoms with Gasteiger partial charge in [-0.05, 0) is 77.5 Å². The van der Waals surface area contributed by atoms with Crippen LogP contribution in [0.15, 0.2) is 77.2 Å². The van der Waals surface area contributed by atoms with Gasteiger partial charge in [0.25, 0.3) is 0 Å². The van der Waals surface area contributed by atoms with Crippen LogP contribution in [-0.4, -0.2) is 5.16 Å². The van der Waals surface area contributed by atoms with E-state index < -0.39 is 7.28 Å².